The van der Waals surface area contributed by atoms with Gasteiger partial charge < -0.3 is 10.2 Å². The number of hydrogen-bond donors (Lipinski definition) is 1. The van der Waals surface area contributed by atoms with Crippen LogP contribution in [-0.4, -0.2) is 29.8 Å². The molecule has 0 spiro atoms. The number of benzene rings is 1. The molecule has 1 aromatic rings. The molecule has 1 aliphatic heterocycles. The van der Waals surface area contributed by atoms with E-state index >= 15 is 0 Å². The molecule has 25 heavy (non-hydrogen) atoms. The number of anilines is 1. The van der Waals surface area contributed by atoms with Crippen LogP contribution in [0.2, 0.25) is 0 Å². The van der Waals surface area contributed by atoms with Gasteiger partial charge in [-0.25, -0.2) is 0 Å². The van der Waals surface area contributed by atoms with Crippen LogP contribution in [0.4, 0.5) is 18.9 Å². The van der Waals surface area contributed by atoms with Gasteiger partial charge in [0.15, 0.2) is 0 Å². The van der Waals surface area contributed by atoms with E-state index in [0.717, 1.165) is 18.9 Å². The van der Waals surface area contributed by atoms with Gasteiger partial charge in [0.25, 0.3) is 0 Å². The van der Waals surface area contributed by atoms with Gasteiger partial charge in [-0.1, -0.05) is 19.1 Å². The van der Waals surface area contributed by atoms with Crippen LogP contribution in [0.5, 0.6) is 0 Å². The third-order valence-electron chi connectivity index (χ3n) is 5.02. The highest BCUT2D eigenvalue weighted by Gasteiger charge is 2.58. The number of para-hydroxylation sites is 1. The lowest BCUT2D eigenvalue weighted by molar-refractivity contribution is -0.143. The Balaban J connectivity index is 1.76. The van der Waals surface area contributed by atoms with E-state index in [0.29, 0.717) is 31.8 Å². The van der Waals surface area contributed by atoms with Crippen LogP contribution in [0, 0.1) is 11.3 Å². The molecule has 7 heteroatoms. The van der Waals surface area contributed by atoms with E-state index in [2.05, 4.69) is 12.2 Å². The molecule has 2 fully saturated rings. The summed E-state index contributed by atoms with van der Waals surface area (Å²) in [6, 6.07) is 4.83. The van der Waals surface area contributed by atoms with Gasteiger partial charge >= 0.3 is 6.18 Å². The lowest BCUT2D eigenvalue weighted by Crippen LogP contribution is -2.47. The van der Waals surface area contributed by atoms with Crippen molar-refractivity contribution in [1.29, 1.82) is 0 Å². The van der Waals surface area contributed by atoms with E-state index in [4.69, 9.17) is 0 Å². The molecule has 1 saturated heterocycles. The maximum absolute atomic E-state index is 13.1. The monoisotopic (exact) mass is 354 g/mol. The molecule has 0 aromatic heterocycles. The molecule has 3 rings (SSSR count). The number of rotatable bonds is 3. The number of nitrogens with one attached hydrogen (secondary N) is 1. The summed E-state index contributed by atoms with van der Waals surface area (Å²) in [4.78, 5) is 27.1. The van der Waals surface area contributed by atoms with Gasteiger partial charge in [-0.15, -0.1) is 0 Å². The fourth-order valence-electron chi connectivity index (χ4n) is 3.42. The summed E-state index contributed by atoms with van der Waals surface area (Å²) in [6.07, 6.45) is -1.86. The lowest BCUT2D eigenvalue weighted by Gasteiger charge is -2.33. The average molecular weight is 354 g/mol. The number of carbonyl (C=O) groups excluding carboxylic acids is 2. The Morgan fingerprint density at radius 1 is 1.24 bits per heavy atom. The largest absolute Gasteiger partial charge is 0.418 e. The maximum Gasteiger partial charge on any atom is 0.418 e. The third-order valence-corrected chi connectivity index (χ3v) is 5.02. The van der Waals surface area contributed by atoms with E-state index in [1.807, 2.05) is 0 Å². The number of carbonyl (C=O) groups is 2. The molecule has 0 radical (unpaired) electrons. The number of alkyl halides is 3. The van der Waals surface area contributed by atoms with Gasteiger partial charge in [-0.3, -0.25) is 9.59 Å². The van der Waals surface area contributed by atoms with E-state index in [-0.39, 0.29) is 11.6 Å². The normalized spacial score (nSPS) is 22.4. The van der Waals surface area contributed by atoms with Crippen molar-refractivity contribution < 1.29 is 22.8 Å². The lowest BCUT2D eigenvalue weighted by atomic mass is 9.96. The van der Waals surface area contributed by atoms with Gasteiger partial charge in [-0.05, 0) is 43.7 Å². The molecule has 0 bridgehead atoms. The number of likely N-dealkylation sites (tertiary alicyclic amines) is 1. The molecule has 1 aliphatic carbocycles. The first kappa shape index (κ1) is 17.8. The Bertz CT molecular complexity index is 683. The van der Waals surface area contributed by atoms with Crippen molar-refractivity contribution in [2.75, 3.05) is 18.4 Å². The summed E-state index contributed by atoms with van der Waals surface area (Å²) in [5.74, 6) is -0.504. The Hall–Kier alpha value is -2.05. The zero-order valence-electron chi connectivity index (χ0n) is 14.0. The van der Waals surface area contributed by atoms with Crippen molar-refractivity contribution in [1.82, 2.24) is 4.90 Å². The van der Waals surface area contributed by atoms with Gasteiger partial charge in [-0.2, -0.15) is 13.2 Å². The fraction of sp³-hybridized carbons (Fsp3) is 0.556. The first-order valence-electron chi connectivity index (χ1n) is 8.51. The molecule has 4 nitrogen and oxygen atoms in total. The molecule has 136 valence electrons. The predicted octanol–water partition coefficient (Wildman–Crippen LogP) is 3.68. The fourth-order valence-corrected chi connectivity index (χ4v) is 3.42. The van der Waals surface area contributed by atoms with Crippen molar-refractivity contribution in [3.8, 4) is 0 Å². The quantitative estimate of drug-likeness (QED) is 0.842. The molecular formula is C18H21F3N2O2. The second-order valence-electron chi connectivity index (χ2n) is 7.08. The average Bonchev–Trinajstić information content (AvgIpc) is 3.35. The smallest absolute Gasteiger partial charge is 0.342 e. The van der Waals surface area contributed by atoms with Crippen LogP contribution in [0.15, 0.2) is 24.3 Å². The van der Waals surface area contributed by atoms with Crippen LogP contribution in [0.25, 0.3) is 0 Å². The van der Waals surface area contributed by atoms with Gasteiger partial charge in [0, 0.05) is 13.1 Å². The molecule has 2 amide bonds. The molecule has 1 atom stereocenters. The second kappa shape index (κ2) is 6.35. The van der Waals surface area contributed by atoms with Crippen LogP contribution in [-0.2, 0) is 15.8 Å². The van der Waals surface area contributed by atoms with Crippen LogP contribution >= 0.6 is 0 Å². The minimum absolute atomic E-state index is 0.249. The zero-order valence-corrected chi connectivity index (χ0v) is 14.0. The highest BCUT2D eigenvalue weighted by atomic mass is 19.4. The van der Waals surface area contributed by atoms with E-state index in [1.165, 1.54) is 18.2 Å². The molecule has 1 heterocycles. The Kier molecular flexibility index (Phi) is 4.51. The van der Waals surface area contributed by atoms with Crippen molar-refractivity contribution in [2.45, 2.75) is 38.8 Å². The van der Waals surface area contributed by atoms with Crippen molar-refractivity contribution >= 4 is 17.5 Å². The topological polar surface area (TPSA) is 49.4 Å². The summed E-state index contributed by atoms with van der Waals surface area (Å²) in [5, 5.41) is 2.34. The van der Waals surface area contributed by atoms with E-state index in [1.54, 1.807) is 4.90 Å². The van der Waals surface area contributed by atoms with Crippen molar-refractivity contribution in [2.24, 2.45) is 11.3 Å². The highest BCUT2D eigenvalue weighted by Crippen LogP contribution is 2.49. The summed E-state index contributed by atoms with van der Waals surface area (Å²) in [5.41, 5.74) is -2.40. The number of nitrogens with zero attached hydrogens (tertiary/aromatic N) is 1. The molecule has 1 unspecified atom stereocenters. The summed E-state index contributed by atoms with van der Waals surface area (Å²) < 4.78 is 39.2. The predicted molar refractivity (Wildman–Crippen MR) is 86.7 cm³/mol. The molecule has 1 aromatic carbocycles. The van der Waals surface area contributed by atoms with Crippen LogP contribution < -0.4 is 5.32 Å². The van der Waals surface area contributed by atoms with Crippen LogP contribution in [0.1, 0.15) is 38.2 Å². The first-order chi connectivity index (χ1) is 11.7. The third kappa shape index (κ3) is 3.50. The number of hydrogen-bond acceptors (Lipinski definition) is 2. The van der Waals surface area contributed by atoms with Crippen LogP contribution in [0.3, 0.4) is 0 Å². The Labute approximate surface area is 144 Å². The Morgan fingerprint density at radius 3 is 2.52 bits per heavy atom. The van der Waals surface area contributed by atoms with Crippen molar-refractivity contribution in [3.63, 3.8) is 0 Å². The second-order valence-corrected chi connectivity index (χ2v) is 7.08. The first-order valence-corrected chi connectivity index (χ1v) is 8.51. The van der Waals surface area contributed by atoms with Gasteiger partial charge in [0.1, 0.15) is 5.41 Å². The summed E-state index contributed by atoms with van der Waals surface area (Å²) in [7, 11) is 0. The molecule has 2 aliphatic rings. The molecular weight excluding hydrogens is 333 g/mol. The Morgan fingerprint density at radius 2 is 1.92 bits per heavy atom. The molecule has 1 N–H and O–H groups in total. The van der Waals surface area contributed by atoms with E-state index in [9.17, 15) is 22.8 Å². The number of amides is 2. The molecule has 1 saturated carbocycles. The minimum Gasteiger partial charge on any atom is -0.342 e. The minimum atomic E-state index is -4.56. The maximum atomic E-state index is 13.1. The summed E-state index contributed by atoms with van der Waals surface area (Å²) >= 11 is 0. The van der Waals surface area contributed by atoms with Gasteiger partial charge in [0.05, 0.1) is 11.3 Å². The summed E-state index contributed by atoms with van der Waals surface area (Å²) in [6.45, 7) is 3.27. The van der Waals surface area contributed by atoms with Gasteiger partial charge in [0.2, 0.25) is 11.8 Å². The number of piperidine rings is 1. The van der Waals surface area contributed by atoms with Crippen molar-refractivity contribution in [3.05, 3.63) is 29.8 Å². The number of halogens is 3. The van der Waals surface area contributed by atoms with E-state index < -0.39 is 23.1 Å². The standard InChI is InChI=1S/C18H21F3N2O2/c1-12-5-4-10-23(11-12)16(25)17(8-9-17)15(24)22-14-7-3-2-6-13(14)18(19,20)21/h2-3,6-7,12H,4-5,8-11H2,1H3,(H,22,24). The zero-order chi connectivity index (χ0) is 18.2. The SMILES string of the molecule is CC1CCCN(C(=O)C2(C(=O)Nc3ccccc3C(F)(F)F)CC2)C1. The highest BCUT2D eigenvalue weighted by molar-refractivity contribution is 6.13.